The summed E-state index contributed by atoms with van der Waals surface area (Å²) in [4.78, 5) is 0. The van der Waals surface area contributed by atoms with Crippen molar-refractivity contribution < 1.29 is 9.84 Å². The van der Waals surface area contributed by atoms with E-state index in [0.717, 1.165) is 8.95 Å². The maximum Gasteiger partial charge on any atom is 0.214 e. The van der Waals surface area contributed by atoms with Crippen LogP contribution in [0.2, 0.25) is 0 Å². The first-order valence-electron chi connectivity index (χ1n) is 2.70. The Morgan fingerprint density at radius 3 is 2.18 bits per heavy atom. The van der Waals surface area contributed by atoms with Gasteiger partial charge in [0.25, 0.3) is 0 Å². The van der Waals surface area contributed by atoms with Crippen molar-refractivity contribution in [2.24, 2.45) is 0 Å². The number of phenolic OH excluding ortho intramolecular Hbond substituents is 1. The van der Waals surface area contributed by atoms with Crippen molar-refractivity contribution in [1.29, 1.82) is 0 Å². The molecule has 0 radical (unpaired) electrons. The predicted octanol–water partition coefficient (Wildman–Crippen LogP) is 3.79. The van der Waals surface area contributed by atoms with Crippen LogP contribution < -0.4 is 4.74 Å². The van der Waals surface area contributed by atoms with Gasteiger partial charge in [0, 0.05) is 0 Å². The SMILES string of the molecule is Oc1c(Br)c(Br)c(Br)c2c1O2. The van der Waals surface area contributed by atoms with Crippen LogP contribution in [-0.4, -0.2) is 5.11 Å². The number of ether oxygens (including phenoxy) is 1. The predicted molar refractivity (Wildman–Crippen MR) is 51.3 cm³/mol. The molecule has 1 aliphatic rings. The minimum Gasteiger partial charge on any atom is -0.503 e. The molecular formula is C6HBr3O2. The molecule has 0 unspecified atom stereocenters. The van der Waals surface area contributed by atoms with E-state index < -0.39 is 0 Å². The van der Waals surface area contributed by atoms with E-state index in [0.29, 0.717) is 16.0 Å². The Kier molecular flexibility index (Phi) is 1.70. The smallest absolute Gasteiger partial charge is 0.214 e. The number of halogens is 3. The van der Waals surface area contributed by atoms with Crippen LogP contribution in [0.1, 0.15) is 0 Å². The normalized spacial score (nSPS) is 12.3. The maximum atomic E-state index is 9.34. The van der Waals surface area contributed by atoms with E-state index in [-0.39, 0.29) is 5.75 Å². The molecule has 0 aliphatic carbocycles. The molecule has 2 rings (SSSR count). The zero-order valence-corrected chi connectivity index (χ0v) is 9.75. The number of fused-ring (bicyclic) bond motifs is 1. The van der Waals surface area contributed by atoms with Crippen LogP contribution in [0.3, 0.4) is 0 Å². The molecule has 2 nitrogen and oxygen atoms in total. The molecule has 1 aromatic carbocycles. The van der Waals surface area contributed by atoms with Gasteiger partial charge in [-0.2, -0.15) is 0 Å². The van der Waals surface area contributed by atoms with Gasteiger partial charge in [0.1, 0.15) is 0 Å². The van der Waals surface area contributed by atoms with E-state index in [2.05, 4.69) is 47.8 Å². The average molecular weight is 345 g/mol. The molecule has 0 spiro atoms. The molecule has 0 atom stereocenters. The third-order valence-electron chi connectivity index (χ3n) is 1.38. The first-order chi connectivity index (χ1) is 5.13. The number of phenols is 1. The van der Waals surface area contributed by atoms with Gasteiger partial charge in [0.15, 0.2) is 11.5 Å². The summed E-state index contributed by atoms with van der Waals surface area (Å²) in [7, 11) is 0. The topological polar surface area (TPSA) is 32.8 Å². The molecule has 0 aromatic heterocycles. The highest BCUT2D eigenvalue weighted by Crippen LogP contribution is 2.62. The summed E-state index contributed by atoms with van der Waals surface area (Å²) in [5.41, 5.74) is 0. The fourth-order valence-corrected chi connectivity index (χ4v) is 2.25. The van der Waals surface area contributed by atoms with E-state index in [1.807, 2.05) is 0 Å². The Hall–Kier alpha value is 0.260. The van der Waals surface area contributed by atoms with Crippen LogP contribution in [0.25, 0.3) is 0 Å². The van der Waals surface area contributed by atoms with Crippen molar-refractivity contribution in [3.8, 4) is 17.2 Å². The summed E-state index contributed by atoms with van der Waals surface area (Å²) < 4.78 is 7.22. The first-order valence-corrected chi connectivity index (χ1v) is 5.08. The van der Waals surface area contributed by atoms with Crippen LogP contribution in [0.4, 0.5) is 0 Å². The minimum atomic E-state index is 0.148. The highest BCUT2D eigenvalue weighted by atomic mass is 79.9. The fourth-order valence-electron chi connectivity index (χ4n) is 0.777. The Morgan fingerprint density at radius 2 is 1.55 bits per heavy atom. The number of hydrogen-bond donors (Lipinski definition) is 1. The van der Waals surface area contributed by atoms with E-state index in [1.165, 1.54) is 0 Å². The molecule has 1 N–H and O–H groups in total. The molecule has 0 bridgehead atoms. The number of hydrogen-bond acceptors (Lipinski definition) is 2. The summed E-state index contributed by atoms with van der Waals surface area (Å²) in [6, 6.07) is 0. The Bertz CT molecular complexity index is 315. The minimum absolute atomic E-state index is 0.148. The third kappa shape index (κ3) is 1.02. The second-order valence-electron chi connectivity index (χ2n) is 2.05. The molecule has 0 saturated heterocycles. The zero-order chi connectivity index (χ0) is 8.17. The first kappa shape index (κ1) is 7.89. The lowest BCUT2D eigenvalue weighted by Crippen LogP contribution is -1.67. The molecule has 5 heteroatoms. The summed E-state index contributed by atoms with van der Waals surface area (Å²) in [5.74, 6) is 1.40. The summed E-state index contributed by atoms with van der Waals surface area (Å²) in [6.07, 6.45) is 0. The summed E-state index contributed by atoms with van der Waals surface area (Å²) in [5, 5.41) is 9.34. The van der Waals surface area contributed by atoms with Crippen LogP contribution in [0, 0.1) is 0 Å². The monoisotopic (exact) mass is 342 g/mol. The largest absolute Gasteiger partial charge is 0.503 e. The lowest BCUT2D eigenvalue weighted by molar-refractivity contribution is 0.460. The highest BCUT2D eigenvalue weighted by molar-refractivity contribution is 9.14. The molecule has 0 amide bonds. The highest BCUT2D eigenvalue weighted by Gasteiger charge is 2.33. The maximum absolute atomic E-state index is 9.34. The van der Waals surface area contributed by atoms with E-state index >= 15 is 0 Å². The van der Waals surface area contributed by atoms with Gasteiger partial charge >= 0.3 is 0 Å². The van der Waals surface area contributed by atoms with E-state index in [9.17, 15) is 5.11 Å². The second-order valence-corrected chi connectivity index (χ2v) is 4.43. The average Bonchev–Trinajstić information content (AvgIpc) is 2.76. The molecule has 1 aromatic rings. The van der Waals surface area contributed by atoms with Gasteiger partial charge in [0.05, 0.1) is 13.4 Å². The fraction of sp³-hybridized carbons (Fsp3) is 0. The molecule has 1 aliphatic heterocycles. The second kappa shape index (κ2) is 2.37. The van der Waals surface area contributed by atoms with Crippen LogP contribution in [0.5, 0.6) is 17.2 Å². The number of aromatic hydroxyl groups is 1. The molecule has 0 saturated carbocycles. The molecule has 1 heterocycles. The lowest BCUT2D eigenvalue weighted by Gasteiger charge is -1.95. The van der Waals surface area contributed by atoms with Crippen molar-refractivity contribution in [2.75, 3.05) is 0 Å². The van der Waals surface area contributed by atoms with Gasteiger partial charge in [-0.25, -0.2) is 0 Å². The van der Waals surface area contributed by atoms with Crippen molar-refractivity contribution in [3.63, 3.8) is 0 Å². The van der Waals surface area contributed by atoms with Gasteiger partial charge in [-0.1, -0.05) is 0 Å². The Morgan fingerprint density at radius 1 is 0.909 bits per heavy atom. The van der Waals surface area contributed by atoms with Gasteiger partial charge in [0.2, 0.25) is 5.75 Å². The van der Waals surface area contributed by atoms with E-state index in [1.54, 1.807) is 0 Å². The summed E-state index contributed by atoms with van der Waals surface area (Å²) in [6.45, 7) is 0. The van der Waals surface area contributed by atoms with Crippen LogP contribution in [0.15, 0.2) is 13.4 Å². The Labute approximate surface area is 87.9 Å². The molecule has 11 heavy (non-hydrogen) atoms. The van der Waals surface area contributed by atoms with Crippen molar-refractivity contribution >= 4 is 47.8 Å². The third-order valence-corrected chi connectivity index (χ3v) is 4.76. The van der Waals surface area contributed by atoms with Crippen LogP contribution >= 0.6 is 47.8 Å². The molecular weight excluding hydrogens is 344 g/mol. The van der Waals surface area contributed by atoms with Gasteiger partial charge in [-0.15, -0.1) is 0 Å². The molecule has 0 fully saturated rings. The summed E-state index contributed by atoms with van der Waals surface area (Å²) >= 11 is 9.79. The van der Waals surface area contributed by atoms with E-state index in [4.69, 9.17) is 4.74 Å². The standard InChI is InChI=1S/C6HBr3O2/c7-1-2(8)4(10)6-5(11-6)3(1)9/h10H. The van der Waals surface area contributed by atoms with Crippen molar-refractivity contribution in [3.05, 3.63) is 13.4 Å². The number of benzene rings is 1. The molecule has 58 valence electrons. The lowest BCUT2D eigenvalue weighted by atomic mass is 10.3. The zero-order valence-electron chi connectivity index (χ0n) is 4.99. The van der Waals surface area contributed by atoms with Gasteiger partial charge < -0.3 is 9.84 Å². The van der Waals surface area contributed by atoms with Gasteiger partial charge in [-0.3, -0.25) is 0 Å². The quantitative estimate of drug-likeness (QED) is 0.582. The van der Waals surface area contributed by atoms with Crippen molar-refractivity contribution in [2.45, 2.75) is 0 Å². The van der Waals surface area contributed by atoms with Crippen molar-refractivity contribution in [1.82, 2.24) is 0 Å². The number of rotatable bonds is 0. The van der Waals surface area contributed by atoms with Gasteiger partial charge in [-0.05, 0) is 47.8 Å². The Balaban J connectivity index is 2.78. The van der Waals surface area contributed by atoms with Crippen LogP contribution in [-0.2, 0) is 0 Å².